The average molecular weight is 534 g/mol. The van der Waals surface area contributed by atoms with E-state index < -0.39 is 0 Å². The topological polar surface area (TPSA) is 75.0 Å². The summed E-state index contributed by atoms with van der Waals surface area (Å²) in [6.07, 6.45) is 2.99. The summed E-state index contributed by atoms with van der Waals surface area (Å²) < 4.78 is 17.3. The van der Waals surface area contributed by atoms with E-state index in [1.165, 1.54) is 6.42 Å². The van der Waals surface area contributed by atoms with Gasteiger partial charge in [-0.25, -0.2) is 0 Å². The first kappa shape index (κ1) is 28.9. The number of ether oxygens (including phenoxy) is 3. The van der Waals surface area contributed by atoms with Crippen molar-refractivity contribution in [1.29, 1.82) is 5.26 Å². The molecule has 7 nitrogen and oxygen atoms in total. The number of methoxy groups -OCH3 is 2. The van der Waals surface area contributed by atoms with Gasteiger partial charge in [-0.2, -0.15) is 5.26 Å². The van der Waals surface area contributed by atoms with Crippen LogP contribution < -0.4 is 14.2 Å². The number of Topliss-reactive ketones (excluding diaryl/α,β-unsaturated/α-hetero) is 1. The third-order valence-corrected chi connectivity index (χ3v) is 7.92. The second-order valence-corrected chi connectivity index (χ2v) is 12.1. The monoisotopic (exact) mass is 533 g/mol. The summed E-state index contributed by atoms with van der Waals surface area (Å²) in [5.74, 6) is 3.61. The van der Waals surface area contributed by atoms with E-state index in [1.54, 1.807) is 14.2 Å². The lowest BCUT2D eigenvalue weighted by molar-refractivity contribution is -0.128. The fraction of sp³-hybridized carbons (Fsp3) is 0.562. The number of ketones is 1. The number of carbonyl (C=O) groups excluding carboxylic acids is 1. The maximum absolute atomic E-state index is 12.6. The lowest BCUT2D eigenvalue weighted by Gasteiger charge is -2.46. The van der Waals surface area contributed by atoms with Gasteiger partial charge in [0.2, 0.25) is 0 Å². The number of hydrogen-bond acceptors (Lipinski definition) is 7. The molecule has 3 unspecified atom stereocenters. The van der Waals surface area contributed by atoms with E-state index >= 15 is 0 Å². The molecular formula is C32H43N3O4. The van der Waals surface area contributed by atoms with Crippen LogP contribution in [0.3, 0.4) is 0 Å². The minimum Gasteiger partial charge on any atom is -0.493 e. The summed E-state index contributed by atoms with van der Waals surface area (Å²) in [6.45, 7) is 11.9. The van der Waals surface area contributed by atoms with Crippen LogP contribution in [0, 0.1) is 28.6 Å². The van der Waals surface area contributed by atoms with Crippen LogP contribution in [-0.2, 0) is 4.79 Å². The van der Waals surface area contributed by atoms with Gasteiger partial charge in [-0.3, -0.25) is 9.69 Å². The van der Waals surface area contributed by atoms with Crippen LogP contribution in [0.25, 0.3) is 0 Å². The molecule has 210 valence electrons. The molecule has 0 saturated carbocycles. The third-order valence-electron chi connectivity index (χ3n) is 7.92. The number of piperidine rings is 2. The van der Waals surface area contributed by atoms with Gasteiger partial charge in [-0.1, -0.05) is 32.9 Å². The van der Waals surface area contributed by atoms with E-state index in [0.717, 1.165) is 56.9 Å². The van der Waals surface area contributed by atoms with Crippen LogP contribution >= 0.6 is 0 Å². The van der Waals surface area contributed by atoms with Gasteiger partial charge in [0.15, 0.2) is 17.3 Å². The van der Waals surface area contributed by atoms with Crippen molar-refractivity contribution in [3.05, 3.63) is 53.6 Å². The van der Waals surface area contributed by atoms with Crippen molar-refractivity contribution in [2.75, 3.05) is 53.5 Å². The number of likely N-dealkylation sites (tertiary alicyclic amines) is 2. The summed E-state index contributed by atoms with van der Waals surface area (Å²) in [4.78, 5) is 17.6. The minimum absolute atomic E-state index is 0.140. The van der Waals surface area contributed by atoms with Gasteiger partial charge in [0.25, 0.3) is 0 Å². The molecule has 0 radical (unpaired) electrons. The smallest absolute Gasteiger partial charge is 0.164 e. The lowest BCUT2D eigenvalue weighted by atomic mass is 9.83. The number of hydrogen-bond donors (Lipinski definition) is 0. The van der Waals surface area contributed by atoms with Crippen molar-refractivity contribution < 1.29 is 19.0 Å². The van der Waals surface area contributed by atoms with Crippen LogP contribution in [0.4, 0.5) is 0 Å². The Kier molecular flexibility index (Phi) is 9.53. The molecule has 0 N–H and O–H groups in total. The summed E-state index contributed by atoms with van der Waals surface area (Å²) in [5.41, 5.74) is 1.42. The maximum Gasteiger partial charge on any atom is 0.164 e. The lowest BCUT2D eigenvalue weighted by Crippen LogP contribution is -2.54. The molecular weight excluding hydrogens is 490 g/mol. The molecule has 2 heterocycles. The van der Waals surface area contributed by atoms with E-state index in [2.05, 4.69) is 15.9 Å². The van der Waals surface area contributed by atoms with Crippen molar-refractivity contribution in [2.24, 2.45) is 17.3 Å². The molecule has 2 aliphatic heterocycles. The van der Waals surface area contributed by atoms with E-state index in [1.807, 2.05) is 63.2 Å². The molecule has 2 aromatic rings. The highest BCUT2D eigenvalue weighted by Crippen LogP contribution is 2.35. The number of fused-ring (bicyclic) bond motifs is 2. The quantitative estimate of drug-likeness (QED) is 0.386. The standard InChI is InChI=1S/C32H43N3O4/c1-32(2,3)31(36)22-35-20-24-15-25(21-35)19-34(18-24)14-6-7-28(26-10-8-23(17-33)9-11-26)39-27-12-13-29(37-4)30(16-27)38-5/h8-13,16,24-25,28H,6-7,14-15,18-22H2,1-5H3. The van der Waals surface area contributed by atoms with Gasteiger partial charge in [0.1, 0.15) is 11.9 Å². The van der Waals surface area contributed by atoms with E-state index in [9.17, 15) is 10.1 Å². The van der Waals surface area contributed by atoms with Crippen molar-refractivity contribution in [1.82, 2.24) is 9.80 Å². The van der Waals surface area contributed by atoms with Crippen molar-refractivity contribution in [3.8, 4) is 23.3 Å². The van der Waals surface area contributed by atoms with Gasteiger partial charge in [-0.15, -0.1) is 0 Å². The van der Waals surface area contributed by atoms with Crippen LogP contribution in [0.1, 0.15) is 57.3 Å². The van der Waals surface area contributed by atoms with Gasteiger partial charge < -0.3 is 19.1 Å². The molecule has 7 heteroatoms. The molecule has 2 fully saturated rings. The molecule has 0 amide bonds. The Morgan fingerprint density at radius 2 is 1.62 bits per heavy atom. The Balaban J connectivity index is 1.36. The van der Waals surface area contributed by atoms with Crippen molar-refractivity contribution in [2.45, 2.75) is 46.1 Å². The first-order valence-electron chi connectivity index (χ1n) is 14.0. The molecule has 3 atom stereocenters. The predicted molar refractivity (Wildman–Crippen MR) is 152 cm³/mol. The summed E-state index contributed by atoms with van der Waals surface area (Å²) in [5, 5.41) is 9.23. The molecule has 2 bridgehead atoms. The van der Waals surface area contributed by atoms with Gasteiger partial charge >= 0.3 is 0 Å². The average Bonchev–Trinajstić information content (AvgIpc) is 2.91. The Morgan fingerprint density at radius 1 is 0.974 bits per heavy atom. The zero-order valence-electron chi connectivity index (χ0n) is 24.1. The second-order valence-electron chi connectivity index (χ2n) is 12.1. The van der Waals surface area contributed by atoms with Crippen LogP contribution in [0.5, 0.6) is 17.2 Å². The molecule has 2 saturated heterocycles. The number of benzene rings is 2. The first-order chi connectivity index (χ1) is 18.7. The van der Waals surface area contributed by atoms with E-state index in [4.69, 9.17) is 14.2 Å². The number of rotatable bonds is 11. The van der Waals surface area contributed by atoms with Gasteiger partial charge in [-0.05, 0) is 67.5 Å². The van der Waals surface area contributed by atoms with Crippen LogP contribution in [-0.4, -0.2) is 69.1 Å². The number of nitrogens with zero attached hydrogens (tertiary/aromatic N) is 3. The summed E-state index contributed by atoms with van der Waals surface area (Å²) in [6, 6.07) is 15.5. The fourth-order valence-electron chi connectivity index (χ4n) is 5.87. The Hall–Kier alpha value is -3.08. The summed E-state index contributed by atoms with van der Waals surface area (Å²) >= 11 is 0. The Labute approximate surface area is 233 Å². The van der Waals surface area contributed by atoms with E-state index in [0.29, 0.717) is 41.2 Å². The third kappa shape index (κ3) is 7.74. The largest absolute Gasteiger partial charge is 0.493 e. The predicted octanol–water partition coefficient (Wildman–Crippen LogP) is 5.34. The first-order valence-corrected chi connectivity index (χ1v) is 14.0. The number of carbonyl (C=O) groups is 1. The molecule has 0 aliphatic carbocycles. The highest BCUT2D eigenvalue weighted by atomic mass is 16.5. The molecule has 2 aromatic carbocycles. The normalized spacial score (nSPS) is 20.6. The highest BCUT2D eigenvalue weighted by molar-refractivity contribution is 5.85. The molecule has 39 heavy (non-hydrogen) atoms. The molecule has 0 aromatic heterocycles. The van der Waals surface area contributed by atoms with Gasteiger partial charge in [0.05, 0.1) is 32.4 Å². The Bertz CT molecular complexity index is 1140. The number of nitriles is 1. The van der Waals surface area contributed by atoms with Crippen molar-refractivity contribution in [3.63, 3.8) is 0 Å². The minimum atomic E-state index is -0.275. The SMILES string of the molecule is COc1ccc(OC(CCCN2CC3CC(C2)CN(CC(=O)C(C)(C)C)C3)c2ccc(C#N)cc2)cc1OC. The molecule has 2 aliphatic rings. The molecule has 0 spiro atoms. The maximum atomic E-state index is 12.6. The van der Waals surface area contributed by atoms with E-state index in [-0.39, 0.29) is 11.5 Å². The zero-order chi connectivity index (χ0) is 28.0. The fourth-order valence-corrected chi connectivity index (χ4v) is 5.87. The van der Waals surface area contributed by atoms with Gasteiger partial charge in [0, 0.05) is 37.7 Å². The van der Waals surface area contributed by atoms with Crippen LogP contribution in [0.15, 0.2) is 42.5 Å². The second kappa shape index (κ2) is 12.8. The highest BCUT2D eigenvalue weighted by Gasteiger charge is 2.35. The Morgan fingerprint density at radius 3 is 2.21 bits per heavy atom. The van der Waals surface area contributed by atoms with Crippen molar-refractivity contribution >= 4 is 5.78 Å². The van der Waals surface area contributed by atoms with Crippen LogP contribution in [0.2, 0.25) is 0 Å². The molecule has 4 rings (SSSR count). The summed E-state index contributed by atoms with van der Waals surface area (Å²) in [7, 11) is 3.24. The zero-order valence-corrected chi connectivity index (χ0v) is 24.1.